The second kappa shape index (κ2) is 4.33. The number of fused-ring (bicyclic) bond motifs is 5. The SMILES string of the molecule is CC12CCCCC1CCC1C3CCCC3C(=O)CC12. The lowest BCUT2D eigenvalue weighted by Gasteiger charge is -2.57. The van der Waals surface area contributed by atoms with E-state index in [0.29, 0.717) is 17.1 Å². The molecule has 4 aliphatic carbocycles. The maximum Gasteiger partial charge on any atom is 0.136 e. The highest BCUT2D eigenvalue weighted by molar-refractivity contribution is 5.83. The minimum Gasteiger partial charge on any atom is -0.299 e. The van der Waals surface area contributed by atoms with Crippen LogP contribution in [0, 0.1) is 35.0 Å². The number of carbonyl (C=O) groups excluding carboxylic acids is 1. The Morgan fingerprint density at radius 3 is 2.74 bits per heavy atom. The number of Topliss-reactive ketones (excluding diaryl/α,β-unsaturated/α-hetero) is 1. The molecule has 4 saturated carbocycles. The van der Waals surface area contributed by atoms with Gasteiger partial charge in [-0.05, 0) is 67.6 Å². The molecule has 0 aliphatic heterocycles. The van der Waals surface area contributed by atoms with Crippen molar-refractivity contribution in [3.05, 3.63) is 0 Å². The van der Waals surface area contributed by atoms with E-state index in [4.69, 9.17) is 0 Å². The second-order valence-corrected chi connectivity index (χ2v) is 8.17. The topological polar surface area (TPSA) is 17.1 Å². The number of rotatable bonds is 0. The molecule has 6 atom stereocenters. The Morgan fingerprint density at radius 2 is 1.84 bits per heavy atom. The predicted molar refractivity (Wildman–Crippen MR) is 76.7 cm³/mol. The van der Waals surface area contributed by atoms with Gasteiger partial charge >= 0.3 is 0 Å². The summed E-state index contributed by atoms with van der Waals surface area (Å²) in [6.45, 7) is 2.55. The standard InChI is InChI=1S/C18H28O/c1-18-10-3-2-5-12(18)8-9-14-13-6-4-7-15(13)17(19)11-16(14)18/h12-16H,2-11H2,1H3. The maximum atomic E-state index is 12.5. The molecule has 0 amide bonds. The van der Waals surface area contributed by atoms with Crippen molar-refractivity contribution in [3.8, 4) is 0 Å². The van der Waals surface area contributed by atoms with Crippen molar-refractivity contribution < 1.29 is 4.79 Å². The van der Waals surface area contributed by atoms with E-state index in [2.05, 4.69) is 6.92 Å². The molecule has 1 heteroatoms. The smallest absolute Gasteiger partial charge is 0.136 e. The van der Waals surface area contributed by atoms with Crippen LogP contribution >= 0.6 is 0 Å². The van der Waals surface area contributed by atoms with Gasteiger partial charge < -0.3 is 0 Å². The van der Waals surface area contributed by atoms with Gasteiger partial charge in [-0.25, -0.2) is 0 Å². The highest BCUT2D eigenvalue weighted by Crippen LogP contribution is 2.62. The third kappa shape index (κ3) is 1.69. The molecule has 4 rings (SSSR count). The van der Waals surface area contributed by atoms with Crippen LogP contribution in [0.15, 0.2) is 0 Å². The Kier molecular flexibility index (Phi) is 2.83. The molecule has 19 heavy (non-hydrogen) atoms. The molecule has 0 heterocycles. The zero-order chi connectivity index (χ0) is 13.0. The number of hydrogen-bond acceptors (Lipinski definition) is 1. The van der Waals surface area contributed by atoms with E-state index in [1.54, 1.807) is 0 Å². The van der Waals surface area contributed by atoms with Crippen molar-refractivity contribution in [2.75, 3.05) is 0 Å². The van der Waals surface area contributed by atoms with Gasteiger partial charge in [0.2, 0.25) is 0 Å². The molecule has 0 saturated heterocycles. The fourth-order valence-electron chi connectivity index (χ4n) is 6.64. The van der Waals surface area contributed by atoms with Gasteiger partial charge in [0.25, 0.3) is 0 Å². The number of carbonyl (C=O) groups is 1. The zero-order valence-corrected chi connectivity index (χ0v) is 12.4. The van der Waals surface area contributed by atoms with E-state index in [1.807, 2.05) is 0 Å². The summed E-state index contributed by atoms with van der Waals surface area (Å²) in [6.07, 6.45) is 13.5. The van der Waals surface area contributed by atoms with Gasteiger partial charge in [0.1, 0.15) is 5.78 Å². The van der Waals surface area contributed by atoms with Gasteiger partial charge in [-0.3, -0.25) is 4.79 Å². The van der Waals surface area contributed by atoms with Gasteiger partial charge in [-0.15, -0.1) is 0 Å². The quantitative estimate of drug-likeness (QED) is 0.622. The van der Waals surface area contributed by atoms with Crippen LogP contribution in [0.2, 0.25) is 0 Å². The highest BCUT2D eigenvalue weighted by atomic mass is 16.1. The van der Waals surface area contributed by atoms with E-state index >= 15 is 0 Å². The maximum absolute atomic E-state index is 12.5. The largest absolute Gasteiger partial charge is 0.299 e. The van der Waals surface area contributed by atoms with Crippen LogP contribution in [-0.2, 0) is 4.79 Å². The van der Waals surface area contributed by atoms with Crippen LogP contribution < -0.4 is 0 Å². The normalized spacial score (nSPS) is 53.3. The first-order chi connectivity index (χ1) is 9.20. The Balaban J connectivity index is 1.67. The van der Waals surface area contributed by atoms with E-state index in [9.17, 15) is 4.79 Å². The molecule has 0 aromatic carbocycles. The monoisotopic (exact) mass is 260 g/mol. The minimum absolute atomic E-state index is 0.477. The Morgan fingerprint density at radius 1 is 0.947 bits per heavy atom. The predicted octanol–water partition coefficient (Wildman–Crippen LogP) is 4.60. The van der Waals surface area contributed by atoms with Crippen molar-refractivity contribution in [2.45, 2.75) is 71.1 Å². The first kappa shape index (κ1) is 12.4. The van der Waals surface area contributed by atoms with E-state index in [1.165, 1.54) is 57.8 Å². The molecule has 6 unspecified atom stereocenters. The lowest BCUT2D eigenvalue weighted by molar-refractivity contribution is -0.141. The minimum atomic E-state index is 0.477. The average Bonchev–Trinajstić information content (AvgIpc) is 2.89. The first-order valence-electron chi connectivity index (χ1n) is 8.73. The molecule has 0 aromatic heterocycles. The molecule has 0 bridgehead atoms. The van der Waals surface area contributed by atoms with Crippen molar-refractivity contribution in [1.82, 2.24) is 0 Å². The average molecular weight is 260 g/mol. The van der Waals surface area contributed by atoms with Crippen LogP contribution in [0.4, 0.5) is 0 Å². The van der Waals surface area contributed by atoms with Crippen LogP contribution in [0.25, 0.3) is 0 Å². The lowest BCUT2D eigenvalue weighted by Crippen LogP contribution is -2.52. The van der Waals surface area contributed by atoms with Crippen molar-refractivity contribution in [3.63, 3.8) is 0 Å². The molecule has 0 spiro atoms. The van der Waals surface area contributed by atoms with E-state index in [0.717, 1.165) is 30.1 Å². The van der Waals surface area contributed by atoms with Crippen LogP contribution in [-0.4, -0.2) is 5.78 Å². The van der Waals surface area contributed by atoms with E-state index < -0.39 is 0 Å². The molecular weight excluding hydrogens is 232 g/mol. The molecular formula is C18H28O. The van der Waals surface area contributed by atoms with Crippen LogP contribution in [0.3, 0.4) is 0 Å². The molecule has 0 N–H and O–H groups in total. The molecule has 0 aromatic rings. The Hall–Kier alpha value is -0.330. The van der Waals surface area contributed by atoms with Gasteiger partial charge in [-0.1, -0.05) is 26.2 Å². The summed E-state index contributed by atoms with van der Waals surface area (Å²) in [6, 6.07) is 0. The Bertz CT molecular complexity index is 387. The third-order valence-corrected chi connectivity index (χ3v) is 7.62. The van der Waals surface area contributed by atoms with Crippen molar-refractivity contribution >= 4 is 5.78 Å². The van der Waals surface area contributed by atoms with Gasteiger partial charge in [-0.2, -0.15) is 0 Å². The summed E-state index contributed by atoms with van der Waals surface area (Å²) in [7, 11) is 0. The molecule has 1 nitrogen and oxygen atoms in total. The summed E-state index contributed by atoms with van der Waals surface area (Å²) in [5, 5.41) is 0. The van der Waals surface area contributed by atoms with Crippen molar-refractivity contribution in [2.24, 2.45) is 35.0 Å². The Labute approximate surface area is 117 Å². The van der Waals surface area contributed by atoms with Gasteiger partial charge in [0.05, 0.1) is 0 Å². The summed E-state index contributed by atoms with van der Waals surface area (Å²) in [4.78, 5) is 12.5. The van der Waals surface area contributed by atoms with Crippen LogP contribution in [0.1, 0.15) is 71.1 Å². The summed E-state index contributed by atoms with van der Waals surface area (Å²) in [5.74, 6) is 4.50. The molecule has 0 radical (unpaired) electrons. The summed E-state index contributed by atoms with van der Waals surface area (Å²) >= 11 is 0. The molecule has 4 fully saturated rings. The fourth-order valence-corrected chi connectivity index (χ4v) is 6.64. The van der Waals surface area contributed by atoms with E-state index in [-0.39, 0.29) is 0 Å². The third-order valence-electron chi connectivity index (χ3n) is 7.62. The summed E-state index contributed by atoms with van der Waals surface area (Å²) < 4.78 is 0. The van der Waals surface area contributed by atoms with Gasteiger partial charge in [0, 0.05) is 12.3 Å². The van der Waals surface area contributed by atoms with Gasteiger partial charge in [0.15, 0.2) is 0 Å². The number of hydrogen-bond donors (Lipinski definition) is 0. The molecule has 106 valence electrons. The second-order valence-electron chi connectivity index (χ2n) is 8.17. The molecule has 4 aliphatic rings. The highest BCUT2D eigenvalue weighted by Gasteiger charge is 2.56. The first-order valence-corrected chi connectivity index (χ1v) is 8.73. The number of ketones is 1. The van der Waals surface area contributed by atoms with Crippen LogP contribution in [0.5, 0.6) is 0 Å². The summed E-state index contributed by atoms with van der Waals surface area (Å²) in [5.41, 5.74) is 0.518. The fraction of sp³-hybridized carbons (Fsp3) is 0.944. The van der Waals surface area contributed by atoms with Crippen molar-refractivity contribution in [1.29, 1.82) is 0 Å². The lowest BCUT2D eigenvalue weighted by atomic mass is 9.47. The zero-order valence-electron chi connectivity index (χ0n) is 12.4.